The molecule has 0 saturated carbocycles. The highest BCUT2D eigenvalue weighted by Crippen LogP contribution is 2.28. The van der Waals surface area contributed by atoms with Crippen molar-refractivity contribution in [2.75, 3.05) is 20.3 Å². The third-order valence-corrected chi connectivity index (χ3v) is 3.32. The lowest BCUT2D eigenvalue weighted by atomic mass is 10.1. The second kappa shape index (κ2) is 10.1. The molecule has 0 aliphatic rings. The Hall–Kier alpha value is -1.75. The molecule has 0 aliphatic heterocycles. The number of aliphatic hydroxyl groups is 1. The predicted octanol–water partition coefficient (Wildman–Crippen LogP) is 3.09. The normalized spacial score (nSPS) is 10.0. The fraction of sp³-hybridized carbons (Fsp3) is 0.333. The van der Waals surface area contributed by atoms with Crippen LogP contribution >= 0.6 is 12.4 Å². The average molecular weight is 338 g/mol. The lowest BCUT2D eigenvalue weighted by molar-refractivity contribution is 0.283. The zero-order valence-electron chi connectivity index (χ0n) is 13.5. The fourth-order valence-corrected chi connectivity index (χ4v) is 2.22. The van der Waals surface area contributed by atoms with Gasteiger partial charge in [-0.25, -0.2) is 0 Å². The van der Waals surface area contributed by atoms with Crippen LogP contribution in [0.3, 0.4) is 0 Å². The molecule has 0 aromatic heterocycles. The molecule has 0 bridgehead atoms. The second-order valence-corrected chi connectivity index (χ2v) is 5.16. The van der Waals surface area contributed by atoms with Crippen molar-refractivity contribution in [3.8, 4) is 11.5 Å². The SMILES string of the molecule is COc1cc(CNCCO)ccc1OCc1cccc(C)c1.Cl. The van der Waals surface area contributed by atoms with Gasteiger partial charge in [-0.3, -0.25) is 0 Å². The molecule has 0 aliphatic carbocycles. The van der Waals surface area contributed by atoms with Crippen molar-refractivity contribution in [2.24, 2.45) is 0 Å². The molecule has 0 unspecified atom stereocenters. The topological polar surface area (TPSA) is 50.7 Å². The molecule has 0 spiro atoms. The molecule has 2 rings (SSSR count). The summed E-state index contributed by atoms with van der Waals surface area (Å²) in [6, 6.07) is 14.1. The summed E-state index contributed by atoms with van der Waals surface area (Å²) in [5.41, 5.74) is 3.45. The molecule has 0 heterocycles. The smallest absolute Gasteiger partial charge is 0.161 e. The van der Waals surface area contributed by atoms with Crippen LogP contribution < -0.4 is 14.8 Å². The number of hydrogen-bond acceptors (Lipinski definition) is 4. The maximum absolute atomic E-state index is 8.78. The first kappa shape index (κ1) is 19.3. The van der Waals surface area contributed by atoms with Crippen LogP contribution in [0.25, 0.3) is 0 Å². The standard InChI is InChI=1S/C18H23NO3.ClH/c1-14-4-3-5-16(10-14)13-22-17-7-6-15(11-18(17)21-2)12-19-8-9-20;/h3-7,10-11,19-20H,8-9,12-13H2,1-2H3;1H. The van der Waals surface area contributed by atoms with Crippen molar-refractivity contribution in [3.63, 3.8) is 0 Å². The van der Waals surface area contributed by atoms with Crippen LogP contribution in [0.5, 0.6) is 11.5 Å². The third-order valence-electron chi connectivity index (χ3n) is 3.32. The minimum atomic E-state index is 0. The van der Waals surface area contributed by atoms with Gasteiger partial charge < -0.3 is 19.9 Å². The summed E-state index contributed by atoms with van der Waals surface area (Å²) < 4.78 is 11.3. The van der Waals surface area contributed by atoms with E-state index in [1.165, 1.54) is 5.56 Å². The molecule has 2 aromatic rings. The highest BCUT2D eigenvalue weighted by Gasteiger charge is 2.06. The number of benzene rings is 2. The number of halogens is 1. The molecule has 0 atom stereocenters. The maximum Gasteiger partial charge on any atom is 0.161 e. The van der Waals surface area contributed by atoms with Crippen LogP contribution in [0, 0.1) is 6.92 Å². The zero-order chi connectivity index (χ0) is 15.8. The number of aryl methyl sites for hydroxylation is 1. The summed E-state index contributed by atoms with van der Waals surface area (Å²) in [7, 11) is 1.64. The molecule has 4 nitrogen and oxygen atoms in total. The summed E-state index contributed by atoms with van der Waals surface area (Å²) in [4.78, 5) is 0. The Morgan fingerprint density at radius 2 is 1.87 bits per heavy atom. The molecule has 2 N–H and O–H groups in total. The minimum absolute atomic E-state index is 0. The van der Waals surface area contributed by atoms with E-state index in [1.807, 2.05) is 30.3 Å². The van der Waals surface area contributed by atoms with Crippen molar-refractivity contribution >= 4 is 12.4 Å². The van der Waals surface area contributed by atoms with E-state index in [9.17, 15) is 0 Å². The van der Waals surface area contributed by atoms with Gasteiger partial charge in [-0.15, -0.1) is 12.4 Å². The Morgan fingerprint density at radius 3 is 2.57 bits per heavy atom. The first-order valence-electron chi connectivity index (χ1n) is 7.40. The number of rotatable bonds is 8. The molecule has 126 valence electrons. The van der Waals surface area contributed by atoms with E-state index in [0.29, 0.717) is 19.7 Å². The van der Waals surface area contributed by atoms with E-state index in [4.69, 9.17) is 14.6 Å². The highest BCUT2D eigenvalue weighted by atomic mass is 35.5. The quantitative estimate of drug-likeness (QED) is 0.727. The van der Waals surface area contributed by atoms with Crippen LogP contribution in [-0.4, -0.2) is 25.4 Å². The largest absolute Gasteiger partial charge is 0.493 e. The highest BCUT2D eigenvalue weighted by molar-refractivity contribution is 5.85. The van der Waals surface area contributed by atoms with E-state index < -0.39 is 0 Å². The molecular formula is C18H24ClNO3. The van der Waals surface area contributed by atoms with Crippen molar-refractivity contribution in [3.05, 3.63) is 59.2 Å². The number of nitrogens with one attached hydrogen (secondary N) is 1. The van der Waals surface area contributed by atoms with Crippen molar-refractivity contribution < 1.29 is 14.6 Å². The molecular weight excluding hydrogens is 314 g/mol. The number of methoxy groups -OCH3 is 1. The molecule has 0 amide bonds. The van der Waals surface area contributed by atoms with Gasteiger partial charge in [0, 0.05) is 13.1 Å². The Morgan fingerprint density at radius 1 is 1.04 bits per heavy atom. The van der Waals surface area contributed by atoms with Crippen LogP contribution in [0.2, 0.25) is 0 Å². The van der Waals surface area contributed by atoms with Crippen LogP contribution in [0.15, 0.2) is 42.5 Å². The van der Waals surface area contributed by atoms with Crippen LogP contribution in [0.4, 0.5) is 0 Å². The number of aliphatic hydroxyl groups excluding tert-OH is 1. The van der Waals surface area contributed by atoms with Gasteiger partial charge in [0.25, 0.3) is 0 Å². The van der Waals surface area contributed by atoms with E-state index in [2.05, 4.69) is 24.4 Å². The van der Waals surface area contributed by atoms with E-state index >= 15 is 0 Å². The zero-order valence-corrected chi connectivity index (χ0v) is 14.4. The van der Waals surface area contributed by atoms with E-state index in [-0.39, 0.29) is 19.0 Å². The molecule has 0 saturated heterocycles. The first-order valence-corrected chi connectivity index (χ1v) is 7.40. The van der Waals surface area contributed by atoms with Gasteiger partial charge >= 0.3 is 0 Å². The van der Waals surface area contributed by atoms with Crippen molar-refractivity contribution in [1.82, 2.24) is 5.32 Å². The Labute approximate surface area is 143 Å². The van der Waals surface area contributed by atoms with Crippen LogP contribution in [0.1, 0.15) is 16.7 Å². The van der Waals surface area contributed by atoms with Gasteiger partial charge in [-0.1, -0.05) is 35.9 Å². The van der Waals surface area contributed by atoms with Gasteiger partial charge in [-0.2, -0.15) is 0 Å². The Kier molecular flexibility index (Phi) is 8.48. The third kappa shape index (κ3) is 6.10. The monoisotopic (exact) mass is 337 g/mol. The summed E-state index contributed by atoms with van der Waals surface area (Å²) >= 11 is 0. The lowest BCUT2D eigenvalue weighted by Crippen LogP contribution is -2.17. The van der Waals surface area contributed by atoms with Gasteiger partial charge in [0.05, 0.1) is 13.7 Å². The summed E-state index contributed by atoms with van der Waals surface area (Å²) in [6.45, 7) is 3.98. The fourth-order valence-electron chi connectivity index (χ4n) is 2.22. The lowest BCUT2D eigenvalue weighted by Gasteiger charge is -2.13. The maximum atomic E-state index is 8.78. The summed E-state index contributed by atoms with van der Waals surface area (Å²) in [6.07, 6.45) is 0. The van der Waals surface area contributed by atoms with E-state index in [0.717, 1.165) is 22.6 Å². The molecule has 0 fully saturated rings. The van der Waals surface area contributed by atoms with Crippen LogP contribution in [-0.2, 0) is 13.2 Å². The molecule has 5 heteroatoms. The van der Waals surface area contributed by atoms with Gasteiger partial charge in [-0.05, 0) is 30.2 Å². The second-order valence-electron chi connectivity index (χ2n) is 5.16. The van der Waals surface area contributed by atoms with E-state index in [1.54, 1.807) is 7.11 Å². The number of ether oxygens (including phenoxy) is 2. The van der Waals surface area contributed by atoms with Crippen molar-refractivity contribution in [2.45, 2.75) is 20.1 Å². The number of hydrogen-bond donors (Lipinski definition) is 2. The Bertz CT molecular complexity index is 605. The summed E-state index contributed by atoms with van der Waals surface area (Å²) in [5.74, 6) is 1.45. The average Bonchev–Trinajstić information content (AvgIpc) is 2.53. The van der Waals surface area contributed by atoms with Gasteiger partial charge in [0.1, 0.15) is 6.61 Å². The predicted molar refractivity (Wildman–Crippen MR) is 94.5 cm³/mol. The molecule has 23 heavy (non-hydrogen) atoms. The van der Waals surface area contributed by atoms with Gasteiger partial charge in [0.2, 0.25) is 0 Å². The van der Waals surface area contributed by atoms with Crippen molar-refractivity contribution in [1.29, 1.82) is 0 Å². The van der Waals surface area contributed by atoms with Gasteiger partial charge in [0.15, 0.2) is 11.5 Å². The minimum Gasteiger partial charge on any atom is -0.493 e. The first-order chi connectivity index (χ1) is 10.7. The Balaban J connectivity index is 0.00000264. The molecule has 0 radical (unpaired) electrons. The molecule has 2 aromatic carbocycles. The summed E-state index contributed by atoms with van der Waals surface area (Å²) in [5, 5.41) is 11.9.